The molecule has 1 unspecified atom stereocenters. The number of likely N-dealkylation sites (N-methyl/N-ethyl adjacent to an activating group) is 1. The number of hydrogen-bond acceptors (Lipinski definition) is 6. The Hall–Kier alpha value is -1.92. The van der Waals surface area contributed by atoms with Gasteiger partial charge in [-0.25, -0.2) is 0 Å². The molecule has 0 radical (unpaired) electrons. The molecular weight excluding hydrogens is 316 g/mol. The Balaban J connectivity index is 1.59. The lowest BCUT2D eigenvalue weighted by Gasteiger charge is -2.28. The Bertz CT molecular complexity index is 695. The van der Waals surface area contributed by atoms with Gasteiger partial charge in [-0.2, -0.15) is 4.98 Å². The quantitative estimate of drug-likeness (QED) is 0.899. The fourth-order valence-electron chi connectivity index (χ4n) is 3.23. The van der Waals surface area contributed by atoms with Crippen LogP contribution in [0, 0.1) is 0 Å². The van der Waals surface area contributed by atoms with Gasteiger partial charge in [0.1, 0.15) is 0 Å². The molecule has 6 nitrogen and oxygen atoms in total. The number of likely N-dealkylation sites (tertiary alicyclic amines) is 1. The largest absolute Gasteiger partial charge is 0.387 e. The maximum atomic E-state index is 11.0. The van der Waals surface area contributed by atoms with Crippen molar-refractivity contribution in [1.82, 2.24) is 15.0 Å². The van der Waals surface area contributed by atoms with Crippen molar-refractivity contribution in [2.45, 2.75) is 44.8 Å². The van der Waals surface area contributed by atoms with Crippen molar-refractivity contribution in [3.8, 4) is 0 Å². The van der Waals surface area contributed by atoms with Gasteiger partial charge >= 0.3 is 0 Å². The van der Waals surface area contributed by atoms with Gasteiger partial charge in [-0.3, -0.25) is 4.90 Å². The lowest BCUT2D eigenvalue weighted by Crippen LogP contribution is -2.44. The Kier molecular flexibility index (Phi) is 4.84. The molecule has 1 aromatic carbocycles. The van der Waals surface area contributed by atoms with Crippen molar-refractivity contribution >= 4 is 5.95 Å². The average Bonchev–Trinajstić information content (AvgIpc) is 3.15. The minimum Gasteiger partial charge on any atom is -0.387 e. The summed E-state index contributed by atoms with van der Waals surface area (Å²) in [6.45, 7) is 9.00. The number of hydrogen-bond donors (Lipinski definition) is 1. The van der Waals surface area contributed by atoms with Gasteiger partial charge in [0.2, 0.25) is 5.89 Å². The molecule has 136 valence electrons. The van der Waals surface area contributed by atoms with Gasteiger partial charge < -0.3 is 14.5 Å². The molecule has 3 rings (SSSR count). The van der Waals surface area contributed by atoms with Crippen molar-refractivity contribution in [3.05, 3.63) is 41.8 Å². The summed E-state index contributed by atoms with van der Waals surface area (Å²) in [5.74, 6) is 1.14. The highest BCUT2D eigenvalue weighted by Gasteiger charge is 2.37. The topological polar surface area (TPSA) is 65.6 Å². The minimum absolute atomic E-state index is 0.178. The molecule has 1 saturated heterocycles. The second-order valence-corrected chi connectivity index (χ2v) is 8.18. The van der Waals surface area contributed by atoms with Crippen LogP contribution >= 0.6 is 0 Å². The predicted octanol–water partition coefficient (Wildman–Crippen LogP) is 2.44. The highest BCUT2D eigenvalue weighted by molar-refractivity contribution is 5.28. The molecule has 25 heavy (non-hydrogen) atoms. The number of β-amino-alcohol motifs (C(OH)–C–C–N with tert-alkyl or cyclic N) is 1. The van der Waals surface area contributed by atoms with Crippen molar-refractivity contribution in [1.29, 1.82) is 0 Å². The summed E-state index contributed by atoms with van der Waals surface area (Å²) >= 11 is 0. The molecule has 0 aliphatic carbocycles. The van der Waals surface area contributed by atoms with E-state index in [0.29, 0.717) is 24.9 Å². The number of benzene rings is 1. The van der Waals surface area contributed by atoms with Gasteiger partial charge in [0, 0.05) is 32.1 Å². The van der Waals surface area contributed by atoms with E-state index in [0.717, 1.165) is 19.5 Å². The first-order valence-corrected chi connectivity index (χ1v) is 8.79. The molecule has 1 N–H and O–H groups in total. The molecule has 1 aromatic heterocycles. The number of aromatic nitrogens is 2. The first-order valence-electron chi connectivity index (χ1n) is 8.79. The van der Waals surface area contributed by atoms with Crippen LogP contribution in [0.5, 0.6) is 0 Å². The van der Waals surface area contributed by atoms with E-state index in [1.54, 1.807) is 0 Å². The monoisotopic (exact) mass is 344 g/mol. The number of rotatable bonds is 5. The van der Waals surface area contributed by atoms with E-state index in [9.17, 15) is 5.11 Å². The fraction of sp³-hybridized carbons (Fsp3) is 0.579. The van der Waals surface area contributed by atoms with E-state index in [4.69, 9.17) is 4.52 Å². The molecule has 0 bridgehead atoms. The van der Waals surface area contributed by atoms with Gasteiger partial charge in [0.05, 0.1) is 12.1 Å². The van der Waals surface area contributed by atoms with Crippen molar-refractivity contribution in [2.24, 2.45) is 0 Å². The summed E-state index contributed by atoms with van der Waals surface area (Å²) in [4.78, 5) is 8.64. The molecule has 0 spiro atoms. The number of nitrogens with zero attached hydrogens (tertiary/aromatic N) is 4. The second-order valence-electron chi connectivity index (χ2n) is 8.18. The van der Waals surface area contributed by atoms with Crippen LogP contribution in [-0.4, -0.2) is 52.4 Å². The van der Waals surface area contributed by atoms with Gasteiger partial charge in [0.15, 0.2) is 0 Å². The molecule has 6 heteroatoms. The Labute approximate surface area is 149 Å². The van der Waals surface area contributed by atoms with Gasteiger partial charge in [0.25, 0.3) is 5.95 Å². The van der Waals surface area contributed by atoms with Gasteiger partial charge in [-0.1, -0.05) is 51.1 Å². The average molecular weight is 344 g/mol. The Morgan fingerprint density at radius 1 is 1.28 bits per heavy atom. The summed E-state index contributed by atoms with van der Waals surface area (Å²) in [5, 5.41) is 15.0. The lowest BCUT2D eigenvalue weighted by molar-refractivity contribution is 0.0559. The molecule has 1 aliphatic heterocycles. The maximum absolute atomic E-state index is 11.0. The van der Waals surface area contributed by atoms with Crippen LogP contribution in [-0.2, 0) is 12.0 Å². The van der Waals surface area contributed by atoms with Crippen LogP contribution in [0.1, 0.15) is 38.6 Å². The zero-order valence-electron chi connectivity index (χ0n) is 15.6. The highest BCUT2D eigenvalue weighted by atomic mass is 16.5. The fourth-order valence-corrected chi connectivity index (χ4v) is 3.23. The van der Waals surface area contributed by atoms with E-state index in [-0.39, 0.29) is 5.41 Å². The zero-order chi connectivity index (χ0) is 18.1. The molecule has 2 aromatic rings. The van der Waals surface area contributed by atoms with E-state index < -0.39 is 5.60 Å². The summed E-state index contributed by atoms with van der Waals surface area (Å²) in [6.07, 6.45) is 0.744. The van der Waals surface area contributed by atoms with Crippen LogP contribution in [0.2, 0.25) is 0 Å². The standard InChI is InChI=1S/C19H28N4O2/c1-18(2,3)16-20-17(21-25-16)22(4)13-19(24)10-11-23(14-19)12-15-8-6-5-7-9-15/h5-9,24H,10-14H2,1-4H3. The van der Waals surface area contributed by atoms with E-state index >= 15 is 0 Å². The molecule has 0 amide bonds. The van der Waals surface area contributed by atoms with E-state index in [1.165, 1.54) is 5.56 Å². The maximum Gasteiger partial charge on any atom is 0.265 e. The normalized spacial score (nSPS) is 21.6. The Morgan fingerprint density at radius 2 is 2.00 bits per heavy atom. The molecule has 0 saturated carbocycles. The molecule has 1 aliphatic rings. The van der Waals surface area contributed by atoms with Crippen molar-refractivity contribution < 1.29 is 9.63 Å². The van der Waals surface area contributed by atoms with Crippen LogP contribution in [0.15, 0.2) is 34.9 Å². The SMILES string of the molecule is CN(CC1(O)CCN(Cc2ccccc2)C1)c1noc(C(C)(C)C)n1. The summed E-state index contributed by atoms with van der Waals surface area (Å²) in [7, 11) is 1.90. The smallest absolute Gasteiger partial charge is 0.265 e. The summed E-state index contributed by atoms with van der Waals surface area (Å²) in [6, 6.07) is 10.4. The van der Waals surface area contributed by atoms with Crippen LogP contribution in [0.3, 0.4) is 0 Å². The number of aliphatic hydroxyl groups is 1. The summed E-state index contributed by atoms with van der Waals surface area (Å²) in [5.41, 5.74) is 0.336. The summed E-state index contributed by atoms with van der Waals surface area (Å²) < 4.78 is 5.35. The third-order valence-electron chi connectivity index (χ3n) is 4.59. The zero-order valence-corrected chi connectivity index (χ0v) is 15.6. The van der Waals surface area contributed by atoms with E-state index in [1.807, 2.05) is 38.8 Å². The second kappa shape index (κ2) is 6.77. The molecule has 1 fully saturated rings. The highest BCUT2D eigenvalue weighted by Crippen LogP contribution is 2.26. The third kappa shape index (κ3) is 4.38. The van der Waals surface area contributed by atoms with Crippen molar-refractivity contribution in [2.75, 3.05) is 31.6 Å². The van der Waals surface area contributed by atoms with Crippen molar-refractivity contribution in [3.63, 3.8) is 0 Å². The van der Waals surface area contributed by atoms with Crippen LogP contribution < -0.4 is 4.90 Å². The Morgan fingerprint density at radius 3 is 2.64 bits per heavy atom. The lowest BCUT2D eigenvalue weighted by atomic mass is 9.97. The molecular formula is C19H28N4O2. The molecule has 1 atom stereocenters. The predicted molar refractivity (Wildman–Crippen MR) is 97.6 cm³/mol. The van der Waals surface area contributed by atoms with Gasteiger partial charge in [-0.15, -0.1) is 0 Å². The van der Waals surface area contributed by atoms with Gasteiger partial charge in [-0.05, 0) is 17.1 Å². The van der Waals surface area contributed by atoms with Crippen LogP contribution in [0.25, 0.3) is 0 Å². The minimum atomic E-state index is -0.758. The molecule has 2 heterocycles. The third-order valence-corrected chi connectivity index (χ3v) is 4.59. The van der Waals surface area contributed by atoms with E-state index in [2.05, 4.69) is 39.3 Å². The van der Waals surface area contributed by atoms with Crippen LogP contribution in [0.4, 0.5) is 5.95 Å². The first kappa shape index (κ1) is 17.9. The number of anilines is 1. The first-order chi connectivity index (χ1) is 11.8.